The number of aliphatic imine (C=N–C) groups is 1. The first-order valence-electron chi connectivity index (χ1n) is 11.2. The second-order valence-electron chi connectivity index (χ2n) is 7.90. The first-order valence-corrected chi connectivity index (χ1v) is 12.8. The summed E-state index contributed by atoms with van der Waals surface area (Å²) in [5.41, 5.74) is 8.49. The molecular weight excluding hydrogens is 423 g/mol. The first kappa shape index (κ1) is 29.4. The molecule has 7 N–H and O–H groups in total. The monoisotopic (exact) mass is 464 g/mol. The minimum absolute atomic E-state index is 0.0960. The van der Waals surface area contributed by atoms with Gasteiger partial charge in [-0.05, 0) is 25.7 Å². The molecule has 0 rings (SSSR count). The van der Waals surface area contributed by atoms with E-state index in [1.807, 2.05) is 0 Å². The van der Waals surface area contributed by atoms with Gasteiger partial charge >= 0.3 is 13.7 Å². The summed E-state index contributed by atoms with van der Waals surface area (Å²) in [5.74, 6) is -2.46. The van der Waals surface area contributed by atoms with Gasteiger partial charge in [0.15, 0.2) is 11.5 Å². The molecule has 0 fully saturated rings. The van der Waals surface area contributed by atoms with E-state index in [1.54, 1.807) is 0 Å². The highest BCUT2D eigenvalue weighted by atomic mass is 31.2. The number of hydrogen-bond acceptors (Lipinski definition) is 4. The van der Waals surface area contributed by atoms with Gasteiger partial charge in [0.25, 0.3) is 0 Å². The van der Waals surface area contributed by atoms with Gasteiger partial charge in [0, 0.05) is 13.0 Å². The van der Waals surface area contributed by atoms with Crippen LogP contribution in [-0.2, 0) is 14.2 Å². The second kappa shape index (κ2) is 15.2. The van der Waals surface area contributed by atoms with Crippen molar-refractivity contribution in [2.45, 2.75) is 103 Å². The molecule has 1 atom stereocenters. The Morgan fingerprint density at radius 3 is 1.87 bits per heavy atom. The molecule has 0 aliphatic heterocycles. The number of guanidine groups is 1. The summed E-state index contributed by atoms with van der Waals surface area (Å²) in [6.45, 7) is 3.75. The number of unbranched alkanes of at least 4 members (excludes halogenated alkanes) is 8. The van der Waals surface area contributed by atoms with E-state index >= 15 is 0 Å². The predicted molar refractivity (Wildman–Crippen MR) is 121 cm³/mol. The normalized spacial score (nSPS) is 13.4. The molecule has 0 aromatic heterocycles. The van der Waals surface area contributed by atoms with Crippen LogP contribution < -0.4 is 11.5 Å². The van der Waals surface area contributed by atoms with Crippen molar-refractivity contribution in [2.75, 3.05) is 6.54 Å². The number of hydrogen-bond donors (Lipinski definition) is 5. The molecule has 0 saturated heterocycles. The lowest BCUT2D eigenvalue weighted by Gasteiger charge is -2.40. The zero-order valence-electron chi connectivity index (χ0n) is 19.0. The Labute approximate surface area is 185 Å². The van der Waals surface area contributed by atoms with Gasteiger partial charge in [-0.1, -0.05) is 65.2 Å². The fraction of sp³-hybridized carbons (Fsp3) is 0.850. The van der Waals surface area contributed by atoms with Crippen LogP contribution in [0.15, 0.2) is 4.99 Å². The SMILES string of the molecule is CCCCCCCCCCCC(=O)N([C@@](CC)(CCCN=C(N)N)C(=O)O)P(=O)(O)O. The van der Waals surface area contributed by atoms with Crippen molar-refractivity contribution < 1.29 is 29.0 Å². The molecule has 0 heterocycles. The van der Waals surface area contributed by atoms with E-state index in [1.165, 1.54) is 32.6 Å². The summed E-state index contributed by atoms with van der Waals surface area (Å²) in [5, 5.41) is 9.82. The highest BCUT2D eigenvalue weighted by molar-refractivity contribution is 7.50. The van der Waals surface area contributed by atoms with E-state index in [4.69, 9.17) is 11.5 Å². The molecule has 10 nitrogen and oxygen atoms in total. The maximum Gasteiger partial charge on any atom is 0.433 e. The van der Waals surface area contributed by atoms with Crippen LogP contribution in [0.4, 0.5) is 0 Å². The summed E-state index contributed by atoms with van der Waals surface area (Å²) in [6.07, 6.45) is 8.90. The smallest absolute Gasteiger partial charge is 0.433 e. The van der Waals surface area contributed by atoms with Gasteiger partial charge in [-0.25, -0.2) is 14.0 Å². The Balaban J connectivity index is 5.01. The number of carboxylic acids is 1. The predicted octanol–water partition coefficient (Wildman–Crippen LogP) is 3.12. The van der Waals surface area contributed by atoms with Crippen molar-refractivity contribution >= 4 is 25.6 Å². The molecule has 11 heteroatoms. The highest BCUT2D eigenvalue weighted by Gasteiger charge is 2.51. The van der Waals surface area contributed by atoms with Crippen LogP contribution in [0.1, 0.15) is 97.3 Å². The van der Waals surface area contributed by atoms with Crippen LogP contribution in [0.3, 0.4) is 0 Å². The van der Waals surface area contributed by atoms with Gasteiger partial charge in [0.1, 0.15) is 0 Å². The minimum atomic E-state index is -5.15. The Morgan fingerprint density at radius 1 is 0.935 bits per heavy atom. The molecular formula is C20H41N4O6P. The lowest BCUT2D eigenvalue weighted by molar-refractivity contribution is -0.156. The first-order chi connectivity index (χ1) is 14.5. The second-order valence-corrected chi connectivity index (χ2v) is 9.32. The molecule has 0 aromatic carbocycles. The van der Waals surface area contributed by atoms with E-state index < -0.39 is 25.2 Å². The van der Waals surface area contributed by atoms with E-state index in [2.05, 4.69) is 11.9 Å². The number of carbonyl (C=O) groups is 2. The average molecular weight is 465 g/mol. The van der Waals surface area contributed by atoms with Crippen LogP contribution in [0.25, 0.3) is 0 Å². The third kappa shape index (κ3) is 11.0. The Kier molecular flexibility index (Phi) is 14.4. The largest absolute Gasteiger partial charge is 0.479 e. The fourth-order valence-electron chi connectivity index (χ4n) is 3.69. The van der Waals surface area contributed by atoms with Crippen LogP contribution in [0.2, 0.25) is 0 Å². The molecule has 0 unspecified atom stereocenters. The van der Waals surface area contributed by atoms with Gasteiger partial charge in [-0.3, -0.25) is 9.79 Å². The lowest BCUT2D eigenvalue weighted by Crippen LogP contribution is -2.55. The minimum Gasteiger partial charge on any atom is -0.479 e. The van der Waals surface area contributed by atoms with E-state index in [0.717, 1.165) is 25.7 Å². The molecule has 1 amide bonds. The number of carbonyl (C=O) groups excluding carboxylic acids is 1. The van der Waals surface area contributed by atoms with Crippen molar-refractivity contribution in [3.8, 4) is 0 Å². The van der Waals surface area contributed by atoms with Crippen LogP contribution in [-0.4, -0.2) is 49.5 Å². The van der Waals surface area contributed by atoms with Gasteiger partial charge in [0.2, 0.25) is 5.91 Å². The molecule has 0 aliphatic rings. The molecule has 0 spiro atoms. The highest BCUT2D eigenvalue weighted by Crippen LogP contribution is 2.49. The Hall–Kier alpha value is -1.64. The molecule has 0 aromatic rings. The van der Waals surface area contributed by atoms with Crippen molar-refractivity contribution in [1.82, 2.24) is 4.67 Å². The van der Waals surface area contributed by atoms with Crippen LogP contribution >= 0.6 is 7.75 Å². The standard InChI is InChI=1S/C20H41N4O6P/c1-3-5-6-7-8-9-10-11-12-14-17(25)24(31(28,29)30)20(4-2,18(26)27)15-13-16-23-19(21)22/h3-16H2,1-2H3,(H,26,27)(H4,21,22,23)(H2,28,29,30)/t20-/m0/s1. The number of amides is 1. The number of aliphatic carboxylic acids is 1. The summed E-state index contributed by atoms with van der Waals surface area (Å²) in [6, 6.07) is 0. The van der Waals surface area contributed by atoms with Crippen molar-refractivity contribution in [1.29, 1.82) is 0 Å². The maximum atomic E-state index is 12.8. The van der Waals surface area contributed by atoms with Gasteiger partial charge < -0.3 is 26.4 Å². The maximum absolute atomic E-state index is 12.8. The lowest BCUT2D eigenvalue weighted by atomic mass is 9.89. The van der Waals surface area contributed by atoms with Crippen molar-refractivity contribution in [2.24, 2.45) is 16.5 Å². The number of nitrogens with two attached hydrogens (primary N) is 2. The number of rotatable bonds is 18. The number of nitrogens with zero attached hydrogens (tertiary/aromatic N) is 2. The third-order valence-electron chi connectivity index (χ3n) is 5.42. The van der Waals surface area contributed by atoms with E-state index in [-0.39, 0.29) is 42.9 Å². The van der Waals surface area contributed by atoms with Gasteiger partial charge in [0.05, 0.1) is 0 Å². The molecule has 0 bridgehead atoms. The van der Waals surface area contributed by atoms with Gasteiger partial charge in [-0.15, -0.1) is 0 Å². The van der Waals surface area contributed by atoms with E-state index in [9.17, 15) is 29.0 Å². The Bertz CT molecular complexity index is 621. The summed E-state index contributed by atoms with van der Waals surface area (Å²) in [4.78, 5) is 48.3. The van der Waals surface area contributed by atoms with Crippen molar-refractivity contribution in [3.63, 3.8) is 0 Å². The average Bonchev–Trinajstić information content (AvgIpc) is 2.67. The van der Waals surface area contributed by atoms with Crippen LogP contribution in [0, 0.1) is 0 Å². The molecule has 0 saturated carbocycles. The quantitative estimate of drug-likeness (QED) is 0.0888. The summed E-state index contributed by atoms with van der Waals surface area (Å²) < 4.78 is 12.4. The fourth-order valence-corrected chi connectivity index (χ4v) is 4.90. The van der Waals surface area contributed by atoms with Gasteiger partial charge in [-0.2, -0.15) is 0 Å². The topological polar surface area (TPSA) is 180 Å². The Morgan fingerprint density at radius 2 is 1.45 bits per heavy atom. The zero-order chi connectivity index (χ0) is 23.9. The summed E-state index contributed by atoms with van der Waals surface area (Å²) >= 11 is 0. The summed E-state index contributed by atoms with van der Waals surface area (Å²) in [7, 11) is -5.15. The zero-order valence-corrected chi connectivity index (χ0v) is 19.9. The third-order valence-corrected chi connectivity index (χ3v) is 6.55. The molecule has 182 valence electrons. The number of carboxylic acid groups (broad SMARTS) is 1. The molecule has 31 heavy (non-hydrogen) atoms. The molecule has 0 radical (unpaired) electrons. The molecule has 0 aliphatic carbocycles. The van der Waals surface area contributed by atoms with Crippen molar-refractivity contribution in [3.05, 3.63) is 0 Å². The van der Waals surface area contributed by atoms with Crippen LogP contribution in [0.5, 0.6) is 0 Å². The van der Waals surface area contributed by atoms with E-state index in [0.29, 0.717) is 6.42 Å².